The first-order chi connectivity index (χ1) is 10.4. The molecule has 0 bridgehead atoms. The van der Waals surface area contributed by atoms with Gasteiger partial charge in [-0.2, -0.15) is 8.42 Å². The molecule has 7 heteroatoms. The van der Waals surface area contributed by atoms with Crippen LogP contribution >= 0.6 is 11.6 Å². The van der Waals surface area contributed by atoms with Gasteiger partial charge in [0.2, 0.25) is 0 Å². The maximum absolute atomic E-state index is 9.74. The van der Waals surface area contributed by atoms with Gasteiger partial charge in [0.25, 0.3) is 10.1 Å². The number of hydrogen-bond donors (Lipinski definition) is 2. The molecule has 130 valence electrons. The zero-order valence-electron chi connectivity index (χ0n) is 13.5. The zero-order chi connectivity index (χ0) is 17.5. The van der Waals surface area contributed by atoms with Crippen LogP contribution in [0, 0.1) is 5.41 Å². The van der Waals surface area contributed by atoms with E-state index in [1.807, 2.05) is 24.3 Å². The maximum atomic E-state index is 9.74. The van der Waals surface area contributed by atoms with Gasteiger partial charge in [-0.25, -0.2) is 0 Å². The molecule has 2 atom stereocenters. The van der Waals surface area contributed by atoms with Crippen molar-refractivity contribution in [3.05, 3.63) is 34.9 Å². The molecule has 1 aliphatic carbocycles. The van der Waals surface area contributed by atoms with E-state index in [1.54, 1.807) is 0 Å². The number of halogens is 1. The Bertz CT molecular complexity index is 662. The monoisotopic (exact) mass is 362 g/mol. The summed E-state index contributed by atoms with van der Waals surface area (Å²) in [5.41, 5.74) is 0.805. The van der Waals surface area contributed by atoms with Crippen LogP contribution in [0.3, 0.4) is 0 Å². The van der Waals surface area contributed by atoms with Gasteiger partial charge in [-0.05, 0) is 36.0 Å². The second-order valence-electron chi connectivity index (χ2n) is 7.00. The summed E-state index contributed by atoms with van der Waals surface area (Å²) in [6, 6.07) is 7.92. The Kier molecular flexibility index (Phi) is 4.88. The summed E-state index contributed by atoms with van der Waals surface area (Å²) >= 11 is 5.90. The first-order valence-corrected chi connectivity index (χ1v) is 9.65. The largest absolute Gasteiger partial charge is 0.393 e. The molecule has 5 nitrogen and oxygen atoms in total. The third-order valence-electron chi connectivity index (χ3n) is 4.94. The van der Waals surface area contributed by atoms with Crippen molar-refractivity contribution in [2.24, 2.45) is 5.41 Å². The third kappa shape index (κ3) is 3.72. The minimum absolute atomic E-state index is 0.0637. The van der Waals surface area contributed by atoms with E-state index in [0.29, 0.717) is 6.26 Å². The molecule has 2 unspecified atom stereocenters. The molecular formula is C16H23ClO5S. The topological polar surface area (TPSA) is 87.1 Å². The van der Waals surface area contributed by atoms with Crippen molar-refractivity contribution < 1.29 is 22.8 Å². The second-order valence-corrected chi connectivity index (χ2v) is 8.90. The standard InChI is InChI=1S/C15H19ClO2.CH4O3S/c1-13(2)7-8-14(15(13,10-17)18-14)9-11-3-5-12(16)6-4-11;1-5(2,3)4/h3-6,17H,7-10H2,1-2H3;1H3,(H,2,3,4). The van der Waals surface area contributed by atoms with Gasteiger partial charge < -0.3 is 9.84 Å². The Hall–Kier alpha value is -0.660. The Morgan fingerprint density at radius 1 is 1.22 bits per heavy atom. The normalized spacial score (nSPS) is 31.0. The molecule has 2 fully saturated rings. The Balaban J connectivity index is 0.000000338. The average Bonchev–Trinajstić information content (AvgIpc) is 3.02. The summed E-state index contributed by atoms with van der Waals surface area (Å²) in [5, 5.41) is 10.5. The van der Waals surface area contributed by atoms with Gasteiger partial charge in [0.15, 0.2) is 0 Å². The van der Waals surface area contributed by atoms with Gasteiger partial charge in [0.1, 0.15) is 11.2 Å². The quantitative estimate of drug-likeness (QED) is 0.637. The van der Waals surface area contributed by atoms with E-state index >= 15 is 0 Å². The second kappa shape index (κ2) is 6.01. The molecule has 0 spiro atoms. The van der Waals surface area contributed by atoms with E-state index in [0.717, 1.165) is 24.3 Å². The summed E-state index contributed by atoms with van der Waals surface area (Å²) < 4.78 is 31.9. The molecule has 3 rings (SSSR count). The van der Waals surface area contributed by atoms with Crippen LogP contribution in [0.15, 0.2) is 24.3 Å². The smallest absolute Gasteiger partial charge is 0.261 e. The Labute approximate surface area is 142 Å². The van der Waals surface area contributed by atoms with E-state index < -0.39 is 10.1 Å². The summed E-state index contributed by atoms with van der Waals surface area (Å²) in [7, 11) is -3.67. The molecule has 0 amide bonds. The number of hydrogen-bond acceptors (Lipinski definition) is 4. The predicted octanol–water partition coefficient (Wildman–Crippen LogP) is 2.71. The SMILES string of the molecule is CC1(C)CCC2(Cc3ccc(Cl)cc3)OC12CO.CS(=O)(=O)O. The van der Waals surface area contributed by atoms with Crippen molar-refractivity contribution >= 4 is 21.7 Å². The van der Waals surface area contributed by atoms with Gasteiger partial charge in [-0.1, -0.05) is 37.6 Å². The van der Waals surface area contributed by atoms with Crippen LogP contribution in [0.4, 0.5) is 0 Å². The van der Waals surface area contributed by atoms with E-state index in [-0.39, 0.29) is 23.2 Å². The summed E-state index contributed by atoms with van der Waals surface area (Å²) in [5.74, 6) is 0. The average molecular weight is 363 g/mol. The fourth-order valence-corrected chi connectivity index (χ4v) is 3.75. The molecule has 1 aromatic carbocycles. The molecule has 1 aliphatic heterocycles. The van der Waals surface area contributed by atoms with E-state index in [1.165, 1.54) is 5.56 Å². The highest BCUT2D eigenvalue weighted by molar-refractivity contribution is 7.85. The van der Waals surface area contributed by atoms with Crippen molar-refractivity contribution in [2.45, 2.75) is 44.3 Å². The summed E-state index contributed by atoms with van der Waals surface area (Å²) in [6.07, 6.45) is 3.73. The molecule has 1 heterocycles. The lowest BCUT2D eigenvalue weighted by Crippen LogP contribution is -2.37. The van der Waals surface area contributed by atoms with Crippen LogP contribution < -0.4 is 0 Å². The first-order valence-electron chi connectivity index (χ1n) is 7.43. The summed E-state index contributed by atoms with van der Waals surface area (Å²) in [4.78, 5) is 0. The number of rotatable bonds is 3. The lowest BCUT2D eigenvalue weighted by molar-refractivity contribution is 0.0595. The molecular weight excluding hydrogens is 340 g/mol. The van der Waals surface area contributed by atoms with Gasteiger partial charge in [-0.3, -0.25) is 4.55 Å². The van der Waals surface area contributed by atoms with Crippen LogP contribution in [0.25, 0.3) is 0 Å². The van der Waals surface area contributed by atoms with Crippen molar-refractivity contribution in [1.29, 1.82) is 0 Å². The molecule has 1 aromatic rings. The van der Waals surface area contributed by atoms with Crippen LogP contribution in [0.5, 0.6) is 0 Å². The van der Waals surface area contributed by atoms with Crippen molar-refractivity contribution in [1.82, 2.24) is 0 Å². The maximum Gasteiger partial charge on any atom is 0.261 e. The Morgan fingerprint density at radius 2 is 1.74 bits per heavy atom. The molecule has 1 saturated heterocycles. The molecule has 2 aliphatic rings. The highest BCUT2D eigenvalue weighted by Gasteiger charge is 2.78. The minimum Gasteiger partial charge on any atom is -0.393 e. The highest BCUT2D eigenvalue weighted by atomic mass is 35.5. The number of aliphatic hydroxyl groups is 1. The summed E-state index contributed by atoms with van der Waals surface area (Å²) in [6.45, 7) is 4.51. The molecule has 1 saturated carbocycles. The Morgan fingerprint density at radius 3 is 2.17 bits per heavy atom. The van der Waals surface area contributed by atoms with Crippen LogP contribution in [-0.2, 0) is 21.3 Å². The number of aliphatic hydroxyl groups excluding tert-OH is 1. The first kappa shape index (κ1) is 18.7. The van der Waals surface area contributed by atoms with Gasteiger partial charge in [0, 0.05) is 11.4 Å². The predicted molar refractivity (Wildman–Crippen MR) is 89.3 cm³/mol. The molecule has 0 radical (unpaired) electrons. The fourth-order valence-electron chi connectivity index (χ4n) is 3.62. The minimum atomic E-state index is -3.67. The van der Waals surface area contributed by atoms with Gasteiger partial charge in [-0.15, -0.1) is 0 Å². The van der Waals surface area contributed by atoms with Crippen LogP contribution in [0.1, 0.15) is 32.3 Å². The van der Waals surface area contributed by atoms with E-state index in [9.17, 15) is 13.5 Å². The van der Waals surface area contributed by atoms with E-state index in [4.69, 9.17) is 20.9 Å². The number of epoxide rings is 1. The number of ether oxygens (including phenoxy) is 1. The lowest BCUT2D eigenvalue weighted by Gasteiger charge is -2.26. The highest BCUT2D eigenvalue weighted by Crippen LogP contribution is 2.68. The third-order valence-corrected chi connectivity index (χ3v) is 5.19. The molecule has 0 aromatic heterocycles. The van der Waals surface area contributed by atoms with Gasteiger partial charge >= 0.3 is 0 Å². The number of benzene rings is 1. The van der Waals surface area contributed by atoms with Crippen molar-refractivity contribution in [3.63, 3.8) is 0 Å². The van der Waals surface area contributed by atoms with Crippen molar-refractivity contribution in [2.75, 3.05) is 12.9 Å². The van der Waals surface area contributed by atoms with E-state index in [2.05, 4.69) is 13.8 Å². The molecule has 23 heavy (non-hydrogen) atoms. The fraction of sp³-hybridized carbons (Fsp3) is 0.625. The number of fused-ring (bicyclic) bond motifs is 1. The van der Waals surface area contributed by atoms with Crippen LogP contribution in [-0.4, -0.2) is 42.1 Å². The lowest BCUT2D eigenvalue weighted by atomic mass is 9.77. The molecule has 2 N–H and O–H groups in total. The van der Waals surface area contributed by atoms with Crippen LogP contribution in [0.2, 0.25) is 5.02 Å². The van der Waals surface area contributed by atoms with Crippen molar-refractivity contribution in [3.8, 4) is 0 Å². The zero-order valence-corrected chi connectivity index (χ0v) is 15.1. The van der Waals surface area contributed by atoms with Gasteiger partial charge in [0.05, 0.1) is 12.9 Å².